The molecule has 0 saturated carbocycles. The van der Waals surface area contributed by atoms with Crippen LogP contribution < -0.4 is 10.1 Å². The van der Waals surface area contributed by atoms with Crippen LogP contribution in [0.5, 0.6) is 5.75 Å². The summed E-state index contributed by atoms with van der Waals surface area (Å²) in [6.45, 7) is 1.69. The molecular formula is C13H18FNO4. The molecule has 2 atom stereocenters. The molecule has 0 heterocycles. The maximum atomic E-state index is 13.3. The van der Waals surface area contributed by atoms with Gasteiger partial charge in [0.15, 0.2) is 17.7 Å². The second-order valence-electron chi connectivity index (χ2n) is 4.04. The Balaban J connectivity index is 2.43. The summed E-state index contributed by atoms with van der Waals surface area (Å²) < 4.78 is 23.2. The molecule has 5 nitrogen and oxygen atoms in total. The first kappa shape index (κ1) is 15.4. The first-order chi connectivity index (χ1) is 9.04. The van der Waals surface area contributed by atoms with E-state index in [0.29, 0.717) is 0 Å². The Morgan fingerprint density at radius 2 is 2.16 bits per heavy atom. The summed E-state index contributed by atoms with van der Waals surface area (Å²) in [4.78, 5) is 11.7. The summed E-state index contributed by atoms with van der Waals surface area (Å²) in [5.41, 5.74) is 0. The van der Waals surface area contributed by atoms with Gasteiger partial charge < -0.3 is 19.9 Å². The third kappa shape index (κ3) is 5.23. The summed E-state index contributed by atoms with van der Waals surface area (Å²) in [6, 6.07) is 5.85. The van der Waals surface area contributed by atoms with Crippen molar-refractivity contribution in [3.05, 3.63) is 30.1 Å². The lowest BCUT2D eigenvalue weighted by atomic mass is 10.3. The van der Waals surface area contributed by atoms with Crippen LogP contribution in [0.15, 0.2) is 24.3 Å². The van der Waals surface area contributed by atoms with Crippen LogP contribution in [0.4, 0.5) is 4.39 Å². The average molecular weight is 271 g/mol. The zero-order valence-corrected chi connectivity index (χ0v) is 10.9. The molecule has 2 unspecified atom stereocenters. The van der Waals surface area contributed by atoms with Gasteiger partial charge in [0.1, 0.15) is 0 Å². The minimum atomic E-state index is -0.855. The first-order valence-corrected chi connectivity index (χ1v) is 5.90. The van der Waals surface area contributed by atoms with Crippen LogP contribution in [0.3, 0.4) is 0 Å². The van der Waals surface area contributed by atoms with E-state index in [1.807, 2.05) is 0 Å². The largest absolute Gasteiger partial charge is 0.478 e. The Kier molecular flexibility index (Phi) is 6.24. The number of ether oxygens (including phenoxy) is 2. The zero-order chi connectivity index (χ0) is 14.3. The maximum absolute atomic E-state index is 13.3. The minimum Gasteiger partial charge on any atom is -0.478 e. The second kappa shape index (κ2) is 7.70. The third-order valence-electron chi connectivity index (χ3n) is 2.38. The van der Waals surface area contributed by atoms with Crippen molar-refractivity contribution >= 4 is 5.91 Å². The van der Waals surface area contributed by atoms with Gasteiger partial charge in [-0.05, 0) is 19.1 Å². The number of nitrogens with one attached hydrogen (secondary N) is 1. The highest BCUT2D eigenvalue weighted by Gasteiger charge is 2.17. The van der Waals surface area contributed by atoms with E-state index in [-0.39, 0.29) is 18.9 Å². The van der Waals surface area contributed by atoms with Crippen molar-refractivity contribution in [2.45, 2.75) is 19.1 Å². The predicted molar refractivity (Wildman–Crippen MR) is 67.4 cm³/mol. The molecule has 19 heavy (non-hydrogen) atoms. The van der Waals surface area contributed by atoms with Crippen molar-refractivity contribution in [2.24, 2.45) is 0 Å². The quantitative estimate of drug-likeness (QED) is 0.766. The van der Waals surface area contributed by atoms with Crippen LogP contribution in [0, 0.1) is 5.82 Å². The number of methoxy groups -OCH3 is 1. The van der Waals surface area contributed by atoms with Crippen LogP contribution >= 0.6 is 0 Å². The Morgan fingerprint density at radius 3 is 2.79 bits per heavy atom. The SMILES string of the molecule is COCC(O)CNC(=O)C(C)Oc1ccccc1F. The number of halogens is 1. The van der Waals surface area contributed by atoms with E-state index in [0.717, 1.165) is 0 Å². The number of carbonyl (C=O) groups is 1. The Bertz CT molecular complexity index is 413. The molecule has 0 spiro atoms. The molecule has 0 aliphatic rings. The number of hydrogen-bond donors (Lipinski definition) is 2. The van der Waals surface area contributed by atoms with Crippen LogP contribution in [0.2, 0.25) is 0 Å². The Hall–Kier alpha value is -1.66. The number of carbonyl (C=O) groups excluding carboxylic acids is 1. The first-order valence-electron chi connectivity index (χ1n) is 5.90. The summed E-state index contributed by atoms with van der Waals surface area (Å²) >= 11 is 0. The van der Waals surface area contributed by atoms with Gasteiger partial charge in [0.25, 0.3) is 5.91 Å². The number of benzene rings is 1. The van der Waals surface area contributed by atoms with Gasteiger partial charge in [-0.15, -0.1) is 0 Å². The van der Waals surface area contributed by atoms with Gasteiger partial charge >= 0.3 is 0 Å². The molecule has 0 aliphatic carbocycles. The summed E-state index contributed by atoms with van der Waals surface area (Å²) in [5, 5.41) is 11.9. The lowest BCUT2D eigenvalue weighted by Gasteiger charge is -2.16. The molecule has 1 aromatic rings. The lowest BCUT2D eigenvalue weighted by molar-refractivity contribution is -0.127. The molecule has 0 fully saturated rings. The minimum absolute atomic E-state index is 0.0163. The van der Waals surface area contributed by atoms with Crippen molar-refractivity contribution < 1.29 is 23.8 Å². The average Bonchev–Trinajstić information content (AvgIpc) is 2.39. The van der Waals surface area contributed by atoms with E-state index < -0.39 is 23.9 Å². The van der Waals surface area contributed by atoms with Gasteiger partial charge in [-0.2, -0.15) is 0 Å². The maximum Gasteiger partial charge on any atom is 0.260 e. The van der Waals surface area contributed by atoms with Crippen LogP contribution in [0.25, 0.3) is 0 Å². The van der Waals surface area contributed by atoms with E-state index in [1.165, 1.54) is 32.2 Å². The van der Waals surface area contributed by atoms with Crippen molar-refractivity contribution in [1.29, 1.82) is 0 Å². The van der Waals surface area contributed by atoms with Gasteiger partial charge in [0, 0.05) is 13.7 Å². The van der Waals surface area contributed by atoms with Crippen molar-refractivity contribution in [1.82, 2.24) is 5.32 Å². The molecule has 1 aromatic carbocycles. The van der Waals surface area contributed by atoms with Crippen molar-refractivity contribution in [2.75, 3.05) is 20.3 Å². The molecule has 0 saturated heterocycles. The van der Waals surface area contributed by atoms with E-state index >= 15 is 0 Å². The van der Waals surface area contributed by atoms with Crippen LogP contribution in [-0.4, -0.2) is 43.5 Å². The molecule has 106 valence electrons. The van der Waals surface area contributed by atoms with E-state index in [9.17, 15) is 14.3 Å². The van der Waals surface area contributed by atoms with Gasteiger partial charge in [-0.1, -0.05) is 12.1 Å². The summed E-state index contributed by atoms with van der Waals surface area (Å²) in [7, 11) is 1.45. The molecule has 2 N–H and O–H groups in total. The highest BCUT2D eigenvalue weighted by Crippen LogP contribution is 2.16. The van der Waals surface area contributed by atoms with Gasteiger partial charge in [0.2, 0.25) is 0 Å². The number of hydrogen-bond acceptors (Lipinski definition) is 4. The zero-order valence-electron chi connectivity index (χ0n) is 10.9. The van der Waals surface area contributed by atoms with Crippen molar-refractivity contribution in [3.8, 4) is 5.75 Å². The number of rotatable bonds is 7. The Morgan fingerprint density at radius 1 is 1.47 bits per heavy atom. The summed E-state index contributed by atoms with van der Waals surface area (Å²) in [6.07, 6.45) is -1.64. The fourth-order valence-corrected chi connectivity index (χ4v) is 1.40. The number of aliphatic hydroxyl groups is 1. The van der Waals surface area contributed by atoms with E-state index in [4.69, 9.17) is 9.47 Å². The number of amides is 1. The normalized spacial score (nSPS) is 13.7. The molecular weight excluding hydrogens is 253 g/mol. The predicted octanol–water partition coefficient (Wildman–Crippen LogP) is 0.716. The molecule has 6 heteroatoms. The van der Waals surface area contributed by atoms with Gasteiger partial charge in [-0.3, -0.25) is 4.79 Å². The van der Waals surface area contributed by atoms with E-state index in [1.54, 1.807) is 6.07 Å². The smallest absolute Gasteiger partial charge is 0.260 e. The summed E-state index contributed by atoms with van der Waals surface area (Å²) in [5.74, 6) is -0.942. The lowest BCUT2D eigenvalue weighted by Crippen LogP contribution is -2.41. The van der Waals surface area contributed by atoms with Gasteiger partial charge in [0.05, 0.1) is 12.7 Å². The number of aliphatic hydroxyl groups excluding tert-OH is 1. The van der Waals surface area contributed by atoms with Gasteiger partial charge in [-0.25, -0.2) is 4.39 Å². The molecule has 0 bridgehead atoms. The second-order valence-corrected chi connectivity index (χ2v) is 4.04. The fraction of sp³-hybridized carbons (Fsp3) is 0.462. The van der Waals surface area contributed by atoms with Crippen molar-refractivity contribution in [3.63, 3.8) is 0 Å². The topological polar surface area (TPSA) is 67.8 Å². The molecule has 0 aliphatic heterocycles. The highest BCUT2D eigenvalue weighted by molar-refractivity contribution is 5.80. The standard InChI is InChI=1S/C13H18FNO4/c1-9(13(17)15-7-10(16)8-18-2)19-12-6-4-3-5-11(12)14/h3-6,9-10,16H,7-8H2,1-2H3,(H,15,17). The monoisotopic (exact) mass is 271 g/mol. The molecule has 0 radical (unpaired) electrons. The molecule has 1 amide bonds. The highest BCUT2D eigenvalue weighted by atomic mass is 19.1. The third-order valence-corrected chi connectivity index (χ3v) is 2.38. The number of para-hydroxylation sites is 1. The molecule has 0 aromatic heterocycles. The molecule has 1 rings (SSSR count). The van der Waals surface area contributed by atoms with E-state index in [2.05, 4.69) is 5.32 Å². The van der Waals surface area contributed by atoms with Crippen LogP contribution in [-0.2, 0) is 9.53 Å². The van der Waals surface area contributed by atoms with Crippen LogP contribution in [0.1, 0.15) is 6.92 Å². The fourth-order valence-electron chi connectivity index (χ4n) is 1.40. The Labute approximate surface area is 111 Å².